The molecule has 1 heterocycles. The van der Waals surface area contributed by atoms with Crippen LogP contribution in [0.15, 0.2) is 42.5 Å². The number of hydrogen-bond acceptors (Lipinski definition) is 4. The molecule has 1 aliphatic carbocycles. The van der Waals surface area contributed by atoms with Crippen molar-refractivity contribution in [2.75, 3.05) is 12.3 Å². The van der Waals surface area contributed by atoms with Crippen molar-refractivity contribution < 1.29 is 4.74 Å². The Kier molecular flexibility index (Phi) is 7.38. The van der Waals surface area contributed by atoms with Crippen molar-refractivity contribution in [1.29, 1.82) is 0 Å². The van der Waals surface area contributed by atoms with Crippen LogP contribution in [0.5, 0.6) is 5.75 Å². The summed E-state index contributed by atoms with van der Waals surface area (Å²) in [5.41, 5.74) is 17.8. The number of aryl methyl sites for hydroxylation is 1. The molecule has 3 rings (SSSR count). The lowest BCUT2D eigenvalue weighted by atomic mass is 9.87. The van der Waals surface area contributed by atoms with Gasteiger partial charge in [0.2, 0.25) is 0 Å². The maximum Gasteiger partial charge on any atom is 0.130 e. The van der Waals surface area contributed by atoms with Crippen molar-refractivity contribution in [3.05, 3.63) is 59.3 Å². The molecule has 0 radical (unpaired) electrons. The SMILES string of the molecule is C=C(C)/C=C(/C)n1nc(CC)c(Cc2ccc(OC[C@H]3CC[C@@H](N)CC3)cc2)c1N. The van der Waals surface area contributed by atoms with Crippen LogP contribution in [0.3, 0.4) is 0 Å². The maximum absolute atomic E-state index is 6.47. The van der Waals surface area contributed by atoms with Crippen molar-refractivity contribution >= 4 is 11.5 Å². The van der Waals surface area contributed by atoms with E-state index in [1.807, 2.05) is 24.6 Å². The average molecular weight is 409 g/mol. The van der Waals surface area contributed by atoms with E-state index in [-0.39, 0.29) is 0 Å². The van der Waals surface area contributed by atoms with Crippen LogP contribution in [0.4, 0.5) is 5.82 Å². The highest BCUT2D eigenvalue weighted by Gasteiger charge is 2.19. The fraction of sp³-hybridized carbons (Fsp3) is 0.480. The van der Waals surface area contributed by atoms with Crippen molar-refractivity contribution in [2.45, 2.75) is 65.3 Å². The fourth-order valence-electron chi connectivity index (χ4n) is 4.15. The van der Waals surface area contributed by atoms with Gasteiger partial charge in [0, 0.05) is 23.7 Å². The molecule has 0 atom stereocenters. The maximum atomic E-state index is 6.47. The van der Waals surface area contributed by atoms with Gasteiger partial charge in [-0.2, -0.15) is 5.10 Å². The van der Waals surface area contributed by atoms with Gasteiger partial charge in [0.25, 0.3) is 0 Å². The number of allylic oxidation sites excluding steroid dienone is 3. The third-order valence-corrected chi connectivity index (χ3v) is 5.91. The van der Waals surface area contributed by atoms with Crippen LogP contribution in [0, 0.1) is 5.92 Å². The predicted octanol–water partition coefficient (Wildman–Crippen LogP) is 4.95. The minimum absolute atomic E-state index is 0.380. The van der Waals surface area contributed by atoms with Crippen molar-refractivity contribution in [1.82, 2.24) is 9.78 Å². The third kappa shape index (κ3) is 5.54. The van der Waals surface area contributed by atoms with E-state index in [1.54, 1.807) is 0 Å². The molecule has 0 spiro atoms. The topological polar surface area (TPSA) is 79.1 Å². The molecule has 162 valence electrons. The van der Waals surface area contributed by atoms with Crippen LogP contribution in [-0.4, -0.2) is 22.4 Å². The van der Waals surface area contributed by atoms with E-state index in [2.05, 4.69) is 37.8 Å². The molecular formula is C25H36N4O. The second-order valence-electron chi connectivity index (χ2n) is 8.62. The minimum Gasteiger partial charge on any atom is -0.493 e. The average Bonchev–Trinajstić information content (AvgIpc) is 3.04. The van der Waals surface area contributed by atoms with Gasteiger partial charge in [-0.25, -0.2) is 4.68 Å². The van der Waals surface area contributed by atoms with Gasteiger partial charge in [0.1, 0.15) is 11.6 Å². The standard InChI is InChI=1S/C25H36N4O/c1-5-24-23(25(27)29(28-24)18(4)14-17(2)3)15-19-8-12-22(13-9-19)30-16-20-6-10-21(26)11-7-20/h8-9,12-14,20-21H,2,5-7,10-11,15-16,26-27H2,1,3-4H3/b18-14-/t20-,21+. The summed E-state index contributed by atoms with van der Waals surface area (Å²) in [6.07, 6.45) is 8.17. The number of rotatable bonds is 8. The van der Waals surface area contributed by atoms with E-state index in [0.717, 1.165) is 60.6 Å². The van der Waals surface area contributed by atoms with E-state index in [9.17, 15) is 0 Å². The number of hydrogen-bond donors (Lipinski definition) is 2. The van der Waals surface area contributed by atoms with Crippen LogP contribution >= 0.6 is 0 Å². The van der Waals surface area contributed by atoms with E-state index >= 15 is 0 Å². The van der Waals surface area contributed by atoms with Crippen LogP contribution in [0.1, 0.15) is 63.3 Å². The normalized spacial score (nSPS) is 19.7. The van der Waals surface area contributed by atoms with E-state index < -0.39 is 0 Å². The number of nitrogens with zero attached hydrogens (tertiary/aromatic N) is 2. The van der Waals surface area contributed by atoms with Crippen LogP contribution < -0.4 is 16.2 Å². The number of ether oxygens (including phenoxy) is 1. The van der Waals surface area contributed by atoms with Crippen molar-refractivity contribution in [3.8, 4) is 5.75 Å². The first-order valence-corrected chi connectivity index (χ1v) is 11.0. The predicted molar refractivity (Wildman–Crippen MR) is 125 cm³/mol. The molecule has 0 saturated heterocycles. The van der Waals surface area contributed by atoms with Crippen molar-refractivity contribution in [2.24, 2.45) is 11.7 Å². The Morgan fingerprint density at radius 1 is 1.20 bits per heavy atom. The number of aromatic nitrogens is 2. The zero-order chi connectivity index (χ0) is 21.7. The molecule has 5 heteroatoms. The summed E-state index contributed by atoms with van der Waals surface area (Å²) in [4.78, 5) is 0. The second kappa shape index (κ2) is 9.98. The lowest BCUT2D eigenvalue weighted by Crippen LogP contribution is -2.28. The zero-order valence-corrected chi connectivity index (χ0v) is 18.7. The van der Waals surface area contributed by atoms with Crippen LogP contribution in [0.2, 0.25) is 0 Å². The Labute approximate surface area is 180 Å². The number of benzene rings is 1. The minimum atomic E-state index is 0.380. The molecule has 1 saturated carbocycles. The summed E-state index contributed by atoms with van der Waals surface area (Å²) in [6, 6.07) is 8.74. The molecule has 0 unspecified atom stereocenters. The summed E-state index contributed by atoms with van der Waals surface area (Å²) < 4.78 is 7.86. The van der Waals surface area contributed by atoms with E-state index in [4.69, 9.17) is 21.3 Å². The summed E-state index contributed by atoms with van der Waals surface area (Å²) in [6.45, 7) is 10.8. The third-order valence-electron chi connectivity index (χ3n) is 5.91. The molecule has 30 heavy (non-hydrogen) atoms. The number of nitrogen functional groups attached to an aromatic ring is 1. The van der Waals surface area contributed by atoms with Crippen molar-refractivity contribution in [3.63, 3.8) is 0 Å². The van der Waals surface area contributed by atoms with Gasteiger partial charge in [-0.3, -0.25) is 0 Å². The molecule has 2 aromatic rings. The lowest BCUT2D eigenvalue weighted by Gasteiger charge is -2.25. The van der Waals surface area contributed by atoms with Gasteiger partial charge in [-0.05, 0) is 75.6 Å². The molecule has 0 amide bonds. The Bertz CT molecular complexity index is 887. The Morgan fingerprint density at radius 2 is 1.87 bits per heavy atom. The molecule has 1 fully saturated rings. The highest BCUT2D eigenvalue weighted by atomic mass is 16.5. The van der Waals surface area contributed by atoms with E-state index in [0.29, 0.717) is 17.8 Å². The molecule has 0 aliphatic heterocycles. The summed E-state index contributed by atoms with van der Waals surface area (Å²) in [5, 5.41) is 4.73. The first kappa shape index (κ1) is 22.2. The number of nitrogens with two attached hydrogens (primary N) is 2. The van der Waals surface area contributed by atoms with Crippen LogP contribution in [0.25, 0.3) is 5.70 Å². The fourth-order valence-corrected chi connectivity index (χ4v) is 4.15. The Hall–Kier alpha value is -2.53. The monoisotopic (exact) mass is 408 g/mol. The summed E-state index contributed by atoms with van der Waals surface area (Å²) in [7, 11) is 0. The van der Waals surface area contributed by atoms with Gasteiger partial charge in [0.05, 0.1) is 12.3 Å². The molecule has 1 aromatic heterocycles. The highest BCUT2D eigenvalue weighted by molar-refractivity contribution is 5.58. The summed E-state index contributed by atoms with van der Waals surface area (Å²) >= 11 is 0. The van der Waals surface area contributed by atoms with Gasteiger partial charge >= 0.3 is 0 Å². The molecule has 1 aromatic carbocycles. The zero-order valence-electron chi connectivity index (χ0n) is 18.7. The molecule has 1 aliphatic rings. The largest absolute Gasteiger partial charge is 0.493 e. The highest BCUT2D eigenvalue weighted by Crippen LogP contribution is 2.27. The van der Waals surface area contributed by atoms with Gasteiger partial charge in [-0.15, -0.1) is 0 Å². The van der Waals surface area contributed by atoms with Gasteiger partial charge in [0.15, 0.2) is 0 Å². The Morgan fingerprint density at radius 3 is 2.47 bits per heavy atom. The molecule has 0 bridgehead atoms. The van der Waals surface area contributed by atoms with E-state index in [1.165, 1.54) is 18.4 Å². The first-order chi connectivity index (χ1) is 14.4. The van der Waals surface area contributed by atoms with Crippen LogP contribution in [-0.2, 0) is 12.8 Å². The summed E-state index contributed by atoms with van der Waals surface area (Å²) in [5.74, 6) is 2.25. The molecule has 4 N–H and O–H groups in total. The first-order valence-electron chi connectivity index (χ1n) is 11.0. The Balaban J connectivity index is 1.66. The quantitative estimate of drug-likeness (QED) is 0.606. The number of anilines is 1. The smallest absolute Gasteiger partial charge is 0.130 e. The second-order valence-corrected chi connectivity index (χ2v) is 8.62. The van der Waals surface area contributed by atoms with Gasteiger partial charge in [-0.1, -0.05) is 31.2 Å². The molecular weight excluding hydrogens is 372 g/mol. The van der Waals surface area contributed by atoms with Gasteiger partial charge < -0.3 is 16.2 Å². The molecule has 5 nitrogen and oxygen atoms in total. The lowest BCUT2D eigenvalue weighted by molar-refractivity contribution is 0.200.